The lowest BCUT2D eigenvalue weighted by Crippen LogP contribution is -2.71. The molecule has 0 bridgehead atoms. The highest BCUT2D eigenvalue weighted by atomic mass is 16.5. The number of likely N-dealkylation sites (tertiary alicyclic amines) is 1. The average Bonchev–Trinajstić information content (AvgIpc) is 1.82. The minimum Gasteiger partial charge on any atom is -0.376 e. The molecule has 2 saturated heterocycles. The van der Waals surface area contributed by atoms with Gasteiger partial charge in [-0.2, -0.15) is 0 Å². The summed E-state index contributed by atoms with van der Waals surface area (Å²) >= 11 is 0. The minimum atomic E-state index is 0.0413. The third kappa shape index (κ3) is 0.744. The van der Waals surface area contributed by atoms with Crippen LogP contribution in [0.2, 0.25) is 0 Å². The summed E-state index contributed by atoms with van der Waals surface area (Å²) in [7, 11) is 0. The summed E-state index contributed by atoms with van der Waals surface area (Å²) in [4.78, 5) is 13.0. The van der Waals surface area contributed by atoms with Crippen molar-refractivity contribution in [2.75, 3.05) is 19.8 Å². The molecule has 0 unspecified atom stereocenters. The molecule has 0 aromatic heterocycles. The summed E-state index contributed by atoms with van der Waals surface area (Å²) < 4.78 is 5.08. The average molecular weight is 153 g/mol. The van der Waals surface area contributed by atoms with Crippen molar-refractivity contribution in [3.8, 4) is 0 Å². The Morgan fingerprint density at radius 1 is 1.64 bits per heavy atom. The van der Waals surface area contributed by atoms with Crippen LogP contribution in [0.3, 0.4) is 0 Å². The van der Waals surface area contributed by atoms with E-state index in [1.807, 2.05) is 4.90 Å². The number of rotatable bonds is 1. The predicted molar refractivity (Wildman–Crippen MR) is 40.1 cm³/mol. The van der Waals surface area contributed by atoms with Crippen LogP contribution in [0.25, 0.3) is 0 Å². The van der Waals surface area contributed by atoms with Gasteiger partial charge in [0.25, 0.3) is 0 Å². The van der Waals surface area contributed by atoms with Gasteiger partial charge in [0.1, 0.15) is 0 Å². The van der Waals surface area contributed by atoms with E-state index in [2.05, 4.69) is 6.58 Å². The van der Waals surface area contributed by atoms with E-state index < -0.39 is 0 Å². The van der Waals surface area contributed by atoms with Gasteiger partial charge in [0.2, 0.25) is 5.91 Å². The first-order chi connectivity index (χ1) is 5.28. The Morgan fingerprint density at radius 2 is 2.36 bits per heavy atom. The molecular formula is C8H11NO2. The Balaban J connectivity index is 2.05. The maximum Gasteiger partial charge on any atom is 0.246 e. The van der Waals surface area contributed by atoms with Gasteiger partial charge >= 0.3 is 0 Å². The molecule has 2 aliphatic heterocycles. The molecule has 60 valence electrons. The molecule has 1 spiro atoms. The molecule has 2 rings (SSSR count). The fraction of sp³-hybridized carbons (Fsp3) is 0.625. The molecule has 2 heterocycles. The number of hydrogen-bond acceptors (Lipinski definition) is 2. The molecule has 3 heteroatoms. The Labute approximate surface area is 65.6 Å². The Bertz CT molecular complexity index is 203. The van der Waals surface area contributed by atoms with E-state index in [0.717, 1.165) is 13.0 Å². The van der Waals surface area contributed by atoms with Gasteiger partial charge < -0.3 is 9.64 Å². The maximum atomic E-state index is 11.2. The van der Waals surface area contributed by atoms with E-state index in [1.165, 1.54) is 6.08 Å². The van der Waals surface area contributed by atoms with E-state index in [0.29, 0.717) is 13.2 Å². The molecule has 2 fully saturated rings. The Morgan fingerprint density at radius 3 is 2.64 bits per heavy atom. The lowest BCUT2D eigenvalue weighted by molar-refractivity contribution is -0.196. The predicted octanol–water partition coefficient (Wildman–Crippen LogP) is 0.174. The molecule has 0 saturated carbocycles. The molecule has 1 amide bonds. The second kappa shape index (κ2) is 2.08. The number of carbonyl (C=O) groups is 1. The largest absolute Gasteiger partial charge is 0.376 e. The summed E-state index contributed by atoms with van der Waals surface area (Å²) in [6.07, 6.45) is 2.46. The maximum absolute atomic E-state index is 11.2. The zero-order chi connectivity index (χ0) is 7.90. The van der Waals surface area contributed by atoms with Gasteiger partial charge in [-0.25, -0.2) is 0 Å². The molecule has 3 nitrogen and oxygen atoms in total. The standard InChI is InChI=1S/C8H11NO2/c1-2-7(10)9-4-3-8(9)5-11-6-8/h2H,1,3-6H2. The minimum absolute atomic E-state index is 0.0413. The van der Waals surface area contributed by atoms with Gasteiger partial charge in [0.15, 0.2) is 0 Å². The summed E-state index contributed by atoms with van der Waals surface area (Å²) in [5, 5.41) is 0. The van der Waals surface area contributed by atoms with Crippen LogP contribution in [-0.4, -0.2) is 36.1 Å². The van der Waals surface area contributed by atoms with Crippen LogP contribution in [0.1, 0.15) is 6.42 Å². The van der Waals surface area contributed by atoms with Crippen molar-refractivity contribution in [2.45, 2.75) is 12.0 Å². The number of nitrogens with zero attached hydrogens (tertiary/aromatic N) is 1. The van der Waals surface area contributed by atoms with Crippen LogP contribution in [0.4, 0.5) is 0 Å². The van der Waals surface area contributed by atoms with E-state index in [-0.39, 0.29) is 11.4 Å². The topological polar surface area (TPSA) is 29.5 Å². The highest BCUT2D eigenvalue weighted by molar-refractivity contribution is 5.88. The van der Waals surface area contributed by atoms with E-state index in [4.69, 9.17) is 4.74 Å². The zero-order valence-corrected chi connectivity index (χ0v) is 6.38. The fourth-order valence-corrected chi connectivity index (χ4v) is 1.63. The van der Waals surface area contributed by atoms with E-state index in [1.54, 1.807) is 0 Å². The number of amides is 1. The van der Waals surface area contributed by atoms with Crippen molar-refractivity contribution in [1.82, 2.24) is 4.90 Å². The Kier molecular flexibility index (Phi) is 1.29. The van der Waals surface area contributed by atoms with E-state index in [9.17, 15) is 4.79 Å². The molecule has 0 N–H and O–H groups in total. The molecule has 2 aliphatic rings. The van der Waals surface area contributed by atoms with Crippen molar-refractivity contribution < 1.29 is 9.53 Å². The monoisotopic (exact) mass is 153 g/mol. The van der Waals surface area contributed by atoms with Crippen molar-refractivity contribution in [1.29, 1.82) is 0 Å². The number of ether oxygens (including phenoxy) is 1. The zero-order valence-electron chi connectivity index (χ0n) is 6.38. The summed E-state index contributed by atoms with van der Waals surface area (Å²) in [5.74, 6) is 0.0413. The van der Waals surface area contributed by atoms with Gasteiger partial charge in [0.05, 0.1) is 18.8 Å². The van der Waals surface area contributed by atoms with Crippen LogP contribution in [0, 0.1) is 0 Å². The lowest BCUT2D eigenvalue weighted by atomic mass is 9.82. The third-order valence-electron chi connectivity index (χ3n) is 2.56. The van der Waals surface area contributed by atoms with Gasteiger partial charge in [-0.15, -0.1) is 0 Å². The van der Waals surface area contributed by atoms with E-state index >= 15 is 0 Å². The molecule has 0 radical (unpaired) electrons. The quantitative estimate of drug-likeness (QED) is 0.503. The first-order valence-electron chi connectivity index (χ1n) is 3.80. The highest BCUT2D eigenvalue weighted by Crippen LogP contribution is 2.37. The molecule has 0 atom stereocenters. The van der Waals surface area contributed by atoms with Crippen LogP contribution < -0.4 is 0 Å². The summed E-state index contributed by atoms with van der Waals surface area (Å²) in [6.45, 7) is 5.75. The van der Waals surface area contributed by atoms with Gasteiger partial charge in [-0.05, 0) is 12.5 Å². The van der Waals surface area contributed by atoms with Crippen LogP contribution in [-0.2, 0) is 9.53 Å². The van der Waals surface area contributed by atoms with Crippen LogP contribution in [0.5, 0.6) is 0 Å². The van der Waals surface area contributed by atoms with Gasteiger partial charge in [-0.3, -0.25) is 4.79 Å². The summed E-state index contributed by atoms with van der Waals surface area (Å²) in [6, 6.07) is 0. The normalized spacial score (nSPS) is 25.6. The first kappa shape index (κ1) is 6.85. The Hall–Kier alpha value is -0.830. The van der Waals surface area contributed by atoms with Crippen molar-refractivity contribution in [3.63, 3.8) is 0 Å². The summed E-state index contributed by atoms with van der Waals surface area (Å²) in [5.41, 5.74) is 0.0747. The highest BCUT2D eigenvalue weighted by Gasteiger charge is 2.52. The van der Waals surface area contributed by atoms with Crippen molar-refractivity contribution in [3.05, 3.63) is 12.7 Å². The molecule has 0 aromatic rings. The molecular weight excluding hydrogens is 142 g/mol. The van der Waals surface area contributed by atoms with Gasteiger partial charge in [-0.1, -0.05) is 6.58 Å². The first-order valence-corrected chi connectivity index (χ1v) is 3.80. The fourth-order valence-electron chi connectivity index (χ4n) is 1.63. The smallest absolute Gasteiger partial charge is 0.246 e. The molecule has 0 aliphatic carbocycles. The lowest BCUT2D eigenvalue weighted by Gasteiger charge is -2.57. The second-order valence-electron chi connectivity index (χ2n) is 3.16. The van der Waals surface area contributed by atoms with Crippen molar-refractivity contribution in [2.24, 2.45) is 0 Å². The second-order valence-corrected chi connectivity index (χ2v) is 3.16. The molecule has 11 heavy (non-hydrogen) atoms. The number of carbonyl (C=O) groups excluding carboxylic acids is 1. The van der Waals surface area contributed by atoms with Crippen LogP contribution >= 0.6 is 0 Å². The van der Waals surface area contributed by atoms with Gasteiger partial charge in [0, 0.05) is 6.54 Å². The molecule has 0 aromatic carbocycles. The van der Waals surface area contributed by atoms with Crippen molar-refractivity contribution >= 4 is 5.91 Å². The van der Waals surface area contributed by atoms with Crippen LogP contribution in [0.15, 0.2) is 12.7 Å². The third-order valence-corrected chi connectivity index (χ3v) is 2.56. The SMILES string of the molecule is C=CC(=O)N1CCC12COC2. The number of hydrogen-bond donors (Lipinski definition) is 0.